The van der Waals surface area contributed by atoms with Gasteiger partial charge in [-0.2, -0.15) is 0 Å². The predicted octanol–water partition coefficient (Wildman–Crippen LogP) is 2.77. The maximum absolute atomic E-state index is 13.8. The lowest BCUT2D eigenvalue weighted by Crippen LogP contribution is -2.10. The quantitative estimate of drug-likeness (QED) is 0.921. The van der Waals surface area contributed by atoms with Crippen LogP contribution in [-0.2, 0) is 13.0 Å². The van der Waals surface area contributed by atoms with E-state index in [2.05, 4.69) is 10.3 Å². The highest BCUT2D eigenvalue weighted by Crippen LogP contribution is 2.21. The Balaban J connectivity index is 2.41. The molecule has 2 rings (SSSR count). The normalized spacial score (nSPS) is 10.8. The number of halogens is 2. The average Bonchev–Trinajstić information content (AvgIpc) is 2.78. The summed E-state index contributed by atoms with van der Waals surface area (Å²) in [5.41, 5.74) is 0.645. The molecule has 0 amide bonds. The first-order valence-corrected chi connectivity index (χ1v) is 6.51. The molecule has 20 heavy (non-hydrogen) atoms. The SMILES string of the molecule is CCCc1c(C(=O)O)nnn1Cc1c(F)cccc1Cl. The van der Waals surface area contributed by atoms with Crippen LogP contribution in [0.5, 0.6) is 0 Å². The summed E-state index contributed by atoms with van der Waals surface area (Å²) in [6.45, 7) is 1.97. The molecule has 1 aromatic heterocycles. The summed E-state index contributed by atoms with van der Waals surface area (Å²) in [5, 5.41) is 16.8. The van der Waals surface area contributed by atoms with Crippen LogP contribution in [0.3, 0.4) is 0 Å². The van der Waals surface area contributed by atoms with E-state index in [0.717, 1.165) is 6.42 Å². The van der Waals surface area contributed by atoms with Crippen LogP contribution in [0.4, 0.5) is 4.39 Å². The van der Waals surface area contributed by atoms with Crippen molar-refractivity contribution in [1.82, 2.24) is 15.0 Å². The van der Waals surface area contributed by atoms with Crippen molar-refractivity contribution in [2.75, 3.05) is 0 Å². The molecule has 0 spiro atoms. The molecule has 0 bridgehead atoms. The number of rotatable bonds is 5. The highest BCUT2D eigenvalue weighted by molar-refractivity contribution is 6.31. The fraction of sp³-hybridized carbons (Fsp3) is 0.308. The molecule has 0 atom stereocenters. The number of aromatic nitrogens is 3. The zero-order valence-corrected chi connectivity index (χ0v) is 11.6. The van der Waals surface area contributed by atoms with E-state index in [1.54, 1.807) is 6.07 Å². The van der Waals surface area contributed by atoms with Crippen molar-refractivity contribution in [3.8, 4) is 0 Å². The second-order valence-electron chi connectivity index (χ2n) is 4.30. The summed E-state index contributed by atoms with van der Waals surface area (Å²) in [4.78, 5) is 11.1. The zero-order valence-electron chi connectivity index (χ0n) is 10.8. The standard InChI is InChI=1S/C13H13ClFN3O2/c1-2-4-11-12(13(19)20)16-17-18(11)7-8-9(14)5-3-6-10(8)15/h3,5-6H,2,4,7H2,1H3,(H,19,20). The highest BCUT2D eigenvalue weighted by Gasteiger charge is 2.19. The number of hydrogen-bond acceptors (Lipinski definition) is 3. The first kappa shape index (κ1) is 14.5. The van der Waals surface area contributed by atoms with E-state index in [1.165, 1.54) is 16.8 Å². The van der Waals surface area contributed by atoms with Gasteiger partial charge in [-0.3, -0.25) is 0 Å². The molecule has 5 nitrogen and oxygen atoms in total. The summed E-state index contributed by atoms with van der Waals surface area (Å²) in [7, 11) is 0. The van der Waals surface area contributed by atoms with Gasteiger partial charge >= 0.3 is 5.97 Å². The third-order valence-corrected chi connectivity index (χ3v) is 3.25. The molecule has 1 heterocycles. The van der Waals surface area contributed by atoms with Gasteiger partial charge in [-0.1, -0.05) is 36.2 Å². The van der Waals surface area contributed by atoms with Crippen molar-refractivity contribution in [2.45, 2.75) is 26.3 Å². The van der Waals surface area contributed by atoms with Crippen molar-refractivity contribution < 1.29 is 14.3 Å². The maximum Gasteiger partial charge on any atom is 0.358 e. The largest absolute Gasteiger partial charge is 0.476 e. The van der Waals surface area contributed by atoms with Gasteiger partial charge in [-0.05, 0) is 18.6 Å². The average molecular weight is 298 g/mol. The van der Waals surface area contributed by atoms with Crippen molar-refractivity contribution >= 4 is 17.6 Å². The van der Waals surface area contributed by atoms with Crippen LogP contribution in [0.25, 0.3) is 0 Å². The summed E-state index contributed by atoms with van der Waals surface area (Å²) in [6, 6.07) is 4.39. The smallest absolute Gasteiger partial charge is 0.358 e. The molecule has 1 N–H and O–H groups in total. The van der Waals surface area contributed by atoms with E-state index in [-0.39, 0.29) is 22.8 Å². The van der Waals surface area contributed by atoms with Crippen LogP contribution in [0, 0.1) is 5.82 Å². The Morgan fingerprint density at radius 3 is 2.85 bits per heavy atom. The Hall–Kier alpha value is -1.95. The van der Waals surface area contributed by atoms with Gasteiger partial charge in [0.25, 0.3) is 0 Å². The van der Waals surface area contributed by atoms with Crippen LogP contribution in [0.1, 0.15) is 35.1 Å². The number of nitrogens with zero attached hydrogens (tertiary/aromatic N) is 3. The molecule has 0 radical (unpaired) electrons. The first-order valence-electron chi connectivity index (χ1n) is 6.13. The number of hydrogen-bond donors (Lipinski definition) is 1. The first-order chi connectivity index (χ1) is 9.54. The van der Waals surface area contributed by atoms with E-state index in [9.17, 15) is 9.18 Å². The predicted molar refractivity (Wildman–Crippen MR) is 71.5 cm³/mol. The fourth-order valence-corrected chi connectivity index (χ4v) is 2.17. The van der Waals surface area contributed by atoms with Crippen LogP contribution >= 0.6 is 11.6 Å². The van der Waals surface area contributed by atoms with E-state index in [1.807, 2.05) is 6.92 Å². The topological polar surface area (TPSA) is 68.0 Å². The zero-order chi connectivity index (χ0) is 14.7. The van der Waals surface area contributed by atoms with Crippen LogP contribution in [0.15, 0.2) is 18.2 Å². The van der Waals surface area contributed by atoms with Gasteiger partial charge in [0, 0.05) is 10.6 Å². The molecule has 0 fully saturated rings. The molecule has 106 valence electrons. The van der Waals surface area contributed by atoms with Gasteiger partial charge in [0.1, 0.15) is 5.82 Å². The summed E-state index contributed by atoms with van der Waals surface area (Å²) >= 11 is 5.96. The van der Waals surface area contributed by atoms with Crippen molar-refractivity contribution in [1.29, 1.82) is 0 Å². The lowest BCUT2D eigenvalue weighted by Gasteiger charge is -2.08. The monoisotopic (exact) mass is 297 g/mol. The molecule has 1 aromatic carbocycles. The molecule has 0 unspecified atom stereocenters. The third kappa shape index (κ3) is 2.80. The Bertz CT molecular complexity index is 622. The fourth-order valence-electron chi connectivity index (χ4n) is 1.94. The number of carboxylic acids is 1. The third-order valence-electron chi connectivity index (χ3n) is 2.90. The van der Waals surface area contributed by atoms with Gasteiger partial charge in [-0.15, -0.1) is 5.10 Å². The van der Waals surface area contributed by atoms with Crippen LogP contribution in [0.2, 0.25) is 5.02 Å². The Labute approximate surface area is 120 Å². The van der Waals surface area contributed by atoms with Crippen molar-refractivity contribution in [2.24, 2.45) is 0 Å². The van der Waals surface area contributed by atoms with Gasteiger partial charge in [-0.25, -0.2) is 13.9 Å². The lowest BCUT2D eigenvalue weighted by molar-refractivity contribution is 0.0689. The summed E-state index contributed by atoms with van der Waals surface area (Å²) in [5.74, 6) is -1.59. The van der Waals surface area contributed by atoms with Gasteiger partial charge in [0.05, 0.1) is 12.2 Å². The van der Waals surface area contributed by atoms with Crippen molar-refractivity contribution in [3.05, 3.63) is 46.0 Å². The molecular formula is C13H13ClFN3O2. The summed E-state index contributed by atoms with van der Waals surface area (Å²) < 4.78 is 15.1. The van der Waals surface area contributed by atoms with E-state index in [0.29, 0.717) is 12.1 Å². The molecule has 0 aliphatic rings. The Morgan fingerprint density at radius 1 is 1.50 bits per heavy atom. The van der Waals surface area contributed by atoms with E-state index < -0.39 is 11.8 Å². The molecule has 2 aromatic rings. The van der Waals surface area contributed by atoms with Gasteiger partial charge in [0.2, 0.25) is 0 Å². The van der Waals surface area contributed by atoms with E-state index in [4.69, 9.17) is 16.7 Å². The lowest BCUT2D eigenvalue weighted by atomic mass is 10.1. The second-order valence-corrected chi connectivity index (χ2v) is 4.70. The van der Waals surface area contributed by atoms with E-state index >= 15 is 0 Å². The Kier molecular flexibility index (Phi) is 4.34. The molecular weight excluding hydrogens is 285 g/mol. The van der Waals surface area contributed by atoms with Crippen LogP contribution < -0.4 is 0 Å². The number of benzene rings is 1. The number of carbonyl (C=O) groups is 1. The molecule has 0 aliphatic heterocycles. The maximum atomic E-state index is 13.8. The minimum absolute atomic E-state index is 0.0567. The molecule has 0 saturated carbocycles. The molecule has 0 saturated heterocycles. The summed E-state index contributed by atoms with van der Waals surface area (Å²) in [6.07, 6.45) is 1.24. The molecule has 0 aliphatic carbocycles. The van der Waals surface area contributed by atoms with Gasteiger partial charge in [0.15, 0.2) is 5.69 Å². The van der Waals surface area contributed by atoms with Gasteiger partial charge < -0.3 is 5.11 Å². The second kappa shape index (κ2) is 6.00. The highest BCUT2D eigenvalue weighted by atomic mass is 35.5. The minimum Gasteiger partial charge on any atom is -0.476 e. The number of aromatic carboxylic acids is 1. The Morgan fingerprint density at radius 2 is 2.25 bits per heavy atom. The van der Waals surface area contributed by atoms with Crippen molar-refractivity contribution in [3.63, 3.8) is 0 Å². The minimum atomic E-state index is -1.14. The number of carboxylic acid groups (broad SMARTS) is 1. The van der Waals surface area contributed by atoms with Crippen LogP contribution in [-0.4, -0.2) is 26.1 Å². The molecule has 7 heteroatoms.